The molecule has 1 N–H and O–H groups in total. The molecular formula is C5H4BrN3O4. The molecule has 8 heteroatoms. The van der Waals surface area contributed by atoms with Crippen LogP contribution in [-0.4, -0.2) is 25.8 Å². The first-order chi connectivity index (χ1) is 5.95. The van der Waals surface area contributed by atoms with Crippen LogP contribution in [0.5, 0.6) is 0 Å². The average molecular weight is 250 g/mol. The molecular weight excluding hydrogens is 246 g/mol. The number of nitrogens with zero attached hydrogens (tertiary/aromatic N) is 3. The molecule has 0 aliphatic heterocycles. The smallest absolute Gasteiger partial charge is 0.359 e. The molecule has 0 fully saturated rings. The van der Waals surface area contributed by atoms with E-state index in [0.29, 0.717) is 0 Å². The van der Waals surface area contributed by atoms with Crippen LogP contribution in [0.1, 0.15) is 10.5 Å². The van der Waals surface area contributed by atoms with Gasteiger partial charge in [0.25, 0.3) is 0 Å². The van der Waals surface area contributed by atoms with E-state index in [2.05, 4.69) is 21.0 Å². The number of aryl methyl sites for hydroxylation is 1. The number of hydrogen-bond acceptors (Lipinski definition) is 4. The van der Waals surface area contributed by atoms with E-state index in [9.17, 15) is 14.9 Å². The van der Waals surface area contributed by atoms with E-state index in [1.54, 1.807) is 0 Å². The number of rotatable bonds is 2. The maximum Gasteiger partial charge on any atom is 0.359 e. The third-order valence-corrected chi connectivity index (χ3v) is 2.07. The van der Waals surface area contributed by atoms with Crippen molar-refractivity contribution < 1.29 is 14.8 Å². The number of hydrogen-bond donors (Lipinski definition) is 1. The van der Waals surface area contributed by atoms with Crippen LogP contribution in [0.4, 0.5) is 5.82 Å². The van der Waals surface area contributed by atoms with Crippen LogP contribution >= 0.6 is 15.9 Å². The molecule has 0 unspecified atom stereocenters. The van der Waals surface area contributed by atoms with Crippen molar-refractivity contribution in [1.29, 1.82) is 0 Å². The van der Waals surface area contributed by atoms with E-state index < -0.39 is 10.9 Å². The Kier molecular flexibility index (Phi) is 2.32. The molecule has 0 bridgehead atoms. The summed E-state index contributed by atoms with van der Waals surface area (Å²) in [5, 5.41) is 22.4. The Morgan fingerprint density at radius 2 is 2.31 bits per heavy atom. The standard InChI is InChI=1S/C5H4BrN3O4/c1-8-4(9(12)13)2(6)3(7-8)5(10)11/h1H3,(H,10,11). The third kappa shape index (κ3) is 1.52. The van der Waals surface area contributed by atoms with Crippen molar-refractivity contribution in [2.45, 2.75) is 0 Å². The normalized spacial score (nSPS) is 10.0. The van der Waals surface area contributed by atoms with E-state index in [0.717, 1.165) is 4.68 Å². The molecule has 1 heterocycles. The maximum atomic E-state index is 10.5. The van der Waals surface area contributed by atoms with Gasteiger partial charge >= 0.3 is 11.8 Å². The van der Waals surface area contributed by atoms with Gasteiger partial charge in [0, 0.05) is 0 Å². The van der Waals surface area contributed by atoms with Crippen molar-refractivity contribution in [3.63, 3.8) is 0 Å². The average Bonchev–Trinajstić information content (AvgIpc) is 2.26. The number of aromatic carboxylic acids is 1. The molecule has 0 aromatic carbocycles. The van der Waals surface area contributed by atoms with Crippen LogP contribution in [0.3, 0.4) is 0 Å². The number of nitro groups is 1. The molecule has 0 radical (unpaired) electrons. The number of carboxylic acids is 1. The second kappa shape index (κ2) is 3.13. The van der Waals surface area contributed by atoms with E-state index in [1.165, 1.54) is 7.05 Å². The van der Waals surface area contributed by atoms with Crippen molar-refractivity contribution >= 4 is 27.7 Å². The van der Waals surface area contributed by atoms with Gasteiger partial charge in [-0.2, -0.15) is 0 Å². The molecule has 0 spiro atoms. The summed E-state index contributed by atoms with van der Waals surface area (Å²) >= 11 is 2.80. The van der Waals surface area contributed by atoms with E-state index in [1.807, 2.05) is 0 Å². The number of carboxylic acid groups (broad SMARTS) is 1. The molecule has 0 atom stereocenters. The Labute approximate surface area is 80.2 Å². The minimum atomic E-state index is -1.31. The monoisotopic (exact) mass is 249 g/mol. The molecule has 0 amide bonds. The molecule has 0 saturated carbocycles. The second-order valence-electron chi connectivity index (χ2n) is 2.17. The van der Waals surface area contributed by atoms with Crippen LogP contribution in [0, 0.1) is 10.1 Å². The molecule has 1 aromatic rings. The van der Waals surface area contributed by atoms with Gasteiger partial charge in [0.05, 0.1) is 0 Å². The molecule has 0 aliphatic rings. The van der Waals surface area contributed by atoms with Crippen molar-refractivity contribution in [3.8, 4) is 0 Å². The summed E-state index contributed by atoms with van der Waals surface area (Å²) in [6.07, 6.45) is 0. The van der Waals surface area contributed by atoms with E-state index >= 15 is 0 Å². The Bertz CT molecular complexity index is 385. The lowest BCUT2D eigenvalue weighted by Crippen LogP contribution is -2.00. The highest BCUT2D eigenvalue weighted by Gasteiger charge is 2.27. The molecule has 13 heavy (non-hydrogen) atoms. The van der Waals surface area contributed by atoms with Gasteiger partial charge in [-0.3, -0.25) is 0 Å². The van der Waals surface area contributed by atoms with Crippen LogP contribution in [-0.2, 0) is 7.05 Å². The third-order valence-electron chi connectivity index (χ3n) is 1.34. The van der Waals surface area contributed by atoms with Crippen LogP contribution < -0.4 is 0 Å². The van der Waals surface area contributed by atoms with Crippen molar-refractivity contribution in [3.05, 3.63) is 20.3 Å². The summed E-state index contributed by atoms with van der Waals surface area (Å²) in [5.41, 5.74) is -0.366. The fraction of sp³-hybridized carbons (Fsp3) is 0.200. The number of carbonyl (C=O) groups is 1. The van der Waals surface area contributed by atoms with Gasteiger partial charge in [-0.15, -0.1) is 4.68 Å². The summed E-state index contributed by atoms with van der Waals surface area (Å²) < 4.78 is 0.778. The van der Waals surface area contributed by atoms with E-state index in [4.69, 9.17) is 5.11 Å². The minimum absolute atomic E-state index is 0.118. The molecule has 1 aromatic heterocycles. The molecule has 7 nitrogen and oxygen atoms in total. The maximum absolute atomic E-state index is 10.5. The largest absolute Gasteiger partial charge is 0.476 e. The molecule has 70 valence electrons. The first-order valence-corrected chi connectivity index (χ1v) is 3.84. The van der Waals surface area contributed by atoms with Crippen LogP contribution in [0.15, 0.2) is 4.47 Å². The predicted octanol–water partition coefficient (Wildman–Crippen LogP) is 0.789. The first kappa shape index (κ1) is 9.65. The first-order valence-electron chi connectivity index (χ1n) is 3.05. The Balaban J connectivity index is 3.39. The zero-order chi connectivity index (χ0) is 10.2. The number of aromatic nitrogens is 2. The number of halogens is 1. The highest BCUT2D eigenvalue weighted by Crippen LogP contribution is 2.27. The van der Waals surface area contributed by atoms with E-state index in [-0.39, 0.29) is 16.0 Å². The zero-order valence-corrected chi connectivity index (χ0v) is 7.98. The summed E-state index contributed by atoms with van der Waals surface area (Å²) in [4.78, 5) is 20.2. The summed E-state index contributed by atoms with van der Waals surface area (Å²) in [6.45, 7) is 0. The van der Waals surface area contributed by atoms with Gasteiger partial charge in [0.2, 0.25) is 5.69 Å². The molecule has 1 rings (SSSR count). The summed E-state index contributed by atoms with van der Waals surface area (Å²) in [6, 6.07) is 0. The predicted molar refractivity (Wildman–Crippen MR) is 44.5 cm³/mol. The van der Waals surface area contributed by atoms with Crippen molar-refractivity contribution in [2.24, 2.45) is 7.05 Å². The minimum Gasteiger partial charge on any atom is -0.476 e. The summed E-state index contributed by atoms with van der Waals surface area (Å²) in [7, 11) is 1.30. The summed E-state index contributed by atoms with van der Waals surface area (Å²) in [5.74, 6) is -1.69. The van der Waals surface area contributed by atoms with Crippen molar-refractivity contribution in [1.82, 2.24) is 9.78 Å². The zero-order valence-electron chi connectivity index (χ0n) is 6.39. The fourth-order valence-corrected chi connectivity index (χ4v) is 1.47. The quantitative estimate of drug-likeness (QED) is 0.617. The van der Waals surface area contributed by atoms with Crippen LogP contribution in [0.2, 0.25) is 0 Å². The van der Waals surface area contributed by atoms with Gasteiger partial charge in [0.15, 0.2) is 0 Å². The Morgan fingerprint density at radius 1 is 1.77 bits per heavy atom. The fourth-order valence-electron chi connectivity index (χ4n) is 0.824. The topological polar surface area (TPSA) is 98.3 Å². The SMILES string of the molecule is Cn1nc(C(=O)O)c(Br)c1[N+](=O)[O-]. The van der Waals surface area contributed by atoms with Crippen LogP contribution in [0.25, 0.3) is 0 Å². The lowest BCUT2D eigenvalue weighted by atomic mass is 10.4. The highest BCUT2D eigenvalue weighted by molar-refractivity contribution is 9.10. The lowest BCUT2D eigenvalue weighted by molar-refractivity contribution is -0.393. The highest BCUT2D eigenvalue weighted by atomic mass is 79.9. The Hall–Kier alpha value is -1.44. The second-order valence-corrected chi connectivity index (χ2v) is 2.97. The van der Waals surface area contributed by atoms with Gasteiger partial charge in [-0.25, -0.2) is 4.79 Å². The Morgan fingerprint density at radius 3 is 2.54 bits per heavy atom. The molecule has 0 saturated heterocycles. The van der Waals surface area contributed by atoms with Gasteiger partial charge in [-0.1, -0.05) is 5.10 Å². The van der Waals surface area contributed by atoms with Crippen molar-refractivity contribution in [2.75, 3.05) is 0 Å². The van der Waals surface area contributed by atoms with Gasteiger partial charge < -0.3 is 15.2 Å². The van der Waals surface area contributed by atoms with Gasteiger partial charge in [-0.05, 0) is 20.9 Å². The van der Waals surface area contributed by atoms with Gasteiger partial charge in [0.1, 0.15) is 11.5 Å². The molecule has 0 aliphatic carbocycles. The lowest BCUT2D eigenvalue weighted by Gasteiger charge is -1.91.